The number of halogens is 1. The van der Waals surface area contributed by atoms with Crippen molar-refractivity contribution in [3.8, 4) is 0 Å². The summed E-state index contributed by atoms with van der Waals surface area (Å²) in [6.45, 7) is 4.43. The highest BCUT2D eigenvalue weighted by Gasteiger charge is 2.14. The summed E-state index contributed by atoms with van der Waals surface area (Å²) in [6.07, 6.45) is 0.761. The number of likely N-dealkylation sites (N-methyl/N-ethyl adjacent to an activating group) is 1. The standard InChI is InChI=1S/C15H20N4O5.ClH/c1-2-16-7-8-17-14(20)4-3-9-18-12-6-5-11(19(22)23)10-13(12)24-15(18)21;/h5-6,10,16H,2-4,7-9H2,1H3,(H,17,20);1H. The predicted molar refractivity (Wildman–Crippen MR) is 95.2 cm³/mol. The van der Waals surface area contributed by atoms with Crippen LogP contribution in [0.3, 0.4) is 0 Å². The largest absolute Gasteiger partial charge is 0.419 e. The van der Waals surface area contributed by atoms with Crippen LogP contribution in [0.15, 0.2) is 27.4 Å². The highest BCUT2D eigenvalue weighted by molar-refractivity contribution is 5.85. The van der Waals surface area contributed by atoms with Gasteiger partial charge in [0.15, 0.2) is 5.58 Å². The molecule has 0 saturated carbocycles. The van der Waals surface area contributed by atoms with Crippen LogP contribution in [0.5, 0.6) is 0 Å². The molecule has 0 radical (unpaired) electrons. The molecule has 1 amide bonds. The van der Waals surface area contributed by atoms with E-state index in [0.29, 0.717) is 31.6 Å². The molecule has 10 heteroatoms. The second-order valence-corrected chi connectivity index (χ2v) is 5.24. The Morgan fingerprint density at radius 1 is 1.36 bits per heavy atom. The van der Waals surface area contributed by atoms with E-state index in [4.69, 9.17) is 4.42 Å². The van der Waals surface area contributed by atoms with Gasteiger partial charge in [0, 0.05) is 32.1 Å². The highest BCUT2D eigenvalue weighted by atomic mass is 35.5. The molecule has 0 aliphatic carbocycles. The summed E-state index contributed by atoms with van der Waals surface area (Å²) in [5, 5.41) is 16.6. The summed E-state index contributed by atoms with van der Waals surface area (Å²) in [4.78, 5) is 33.7. The molecular formula is C15H21ClN4O5. The Hall–Kier alpha value is -2.39. The molecule has 0 aliphatic heterocycles. The van der Waals surface area contributed by atoms with Crippen LogP contribution in [-0.4, -0.2) is 35.0 Å². The number of nitrogens with one attached hydrogen (secondary N) is 2. The second kappa shape index (κ2) is 9.80. The number of carbonyl (C=O) groups excluding carboxylic acids is 1. The number of fused-ring (bicyclic) bond motifs is 1. The lowest BCUT2D eigenvalue weighted by Crippen LogP contribution is -2.31. The Morgan fingerprint density at radius 2 is 2.12 bits per heavy atom. The smallest absolute Gasteiger partial charge is 0.407 e. The van der Waals surface area contributed by atoms with Gasteiger partial charge in [0.25, 0.3) is 5.69 Å². The van der Waals surface area contributed by atoms with Gasteiger partial charge in [0.1, 0.15) is 0 Å². The second-order valence-electron chi connectivity index (χ2n) is 5.24. The number of carbonyl (C=O) groups is 1. The van der Waals surface area contributed by atoms with Crippen molar-refractivity contribution in [2.24, 2.45) is 0 Å². The maximum atomic E-state index is 11.9. The third-order valence-corrected chi connectivity index (χ3v) is 3.52. The molecule has 0 saturated heterocycles. The van der Waals surface area contributed by atoms with Crippen molar-refractivity contribution >= 4 is 35.1 Å². The number of amides is 1. The van der Waals surface area contributed by atoms with Gasteiger partial charge in [0.05, 0.1) is 16.5 Å². The fourth-order valence-corrected chi connectivity index (χ4v) is 2.33. The number of non-ortho nitro benzene ring substituents is 1. The van der Waals surface area contributed by atoms with Crippen LogP contribution < -0.4 is 16.4 Å². The van der Waals surface area contributed by atoms with Gasteiger partial charge >= 0.3 is 5.76 Å². The number of nitro benzene ring substituents is 1. The number of rotatable bonds is 9. The number of oxazole rings is 1. The Kier molecular flexibility index (Phi) is 8.09. The molecule has 0 bridgehead atoms. The molecular weight excluding hydrogens is 352 g/mol. The molecule has 1 aromatic carbocycles. The number of nitro groups is 1. The Labute approximate surface area is 149 Å². The summed E-state index contributed by atoms with van der Waals surface area (Å²) in [5.41, 5.74) is 0.519. The number of aromatic nitrogens is 1. The van der Waals surface area contributed by atoms with Crippen LogP contribution in [-0.2, 0) is 11.3 Å². The van der Waals surface area contributed by atoms with E-state index in [1.54, 1.807) is 0 Å². The first-order chi connectivity index (χ1) is 11.5. The maximum Gasteiger partial charge on any atom is 0.419 e. The molecule has 2 rings (SSSR count). The molecule has 0 aliphatic rings. The van der Waals surface area contributed by atoms with Gasteiger partial charge in [-0.15, -0.1) is 12.4 Å². The fourth-order valence-electron chi connectivity index (χ4n) is 2.33. The SMILES string of the molecule is CCNCCNC(=O)CCCn1c(=O)oc2cc([N+](=O)[O-])ccc21.Cl. The summed E-state index contributed by atoms with van der Waals surface area (Å²) in [7, 11) is 0. The first-order valence-corrected chi connectivity index (χ1v) is 7.78. The van der Waals surface area contributed by atoms with Gasteiger partial charge < -0.3 is 15.1 Å². The number of aryl methyl sites for hydroxylation is 1. The first kappa shape index (κ1) is 20.7. The van der Waals surface area contributed by atoms with Gasteiger partial charge in [-0.1, -0.05) is 6.92 Å². The van der Waals surface area contributed by atoms with Crippen LogP contribution >= 0.6 is 12.4 Å². The van der Waals surface area contributed by atoms with Crippen molar-refractivity contribution in [1.82, 2.24) is 15.2 Å². The number of hydrogen-bond acceptors (Lipinski definition) is 6. The van der Waals surface area contributed by atoms with Crippen LogP contribution in [0.25, 0.3) is 11.1 Å². The molecule has 0 atom stereocenters. The number of hydrogen-bond donors (Lipinski definition) is 2. The zero-order valence-corrected chi connectivity index (χ0v) is 14.6. The van der Waals surface area contributed by atoms with E-state index < -0.39 is 10.7 Å². The monoisotopic (exact) mass is 372 g/mol. The number of nitrogens with zero attached hydrogens (tertiary/aromatic N) is 2. The molecule has 0 fully saturated rings. The van der Waals surface area contributed by atoms with E-state index in [1.165, 1.54) is 22.8 Å². The van der Waals surface area contributed by atoms with Crippen molar-refractivity contribution in [3.05, 3.63) is 38.9 Å². The third kappa shape index (κ3) is 5.57. The third-order valence-electron chi connectivity index (χ3n) is 3.52. The quantitative estimate of drug-likeness (QED) is 0.390. The van der Waals surface area contributed by atoms with Crippen LogP contribution in [0, 0.1) is 10.1 Å². The predicted octanol–water partition coefficient (Wildman–Crippen LogP) is 1.43. The lowest BCUT2D eigenvalue weighted by molar-refractivity contribution is -0.384. The van der Waals surface area contributed by atoms with Crippen molar-refractivity contribution in [2.45, 2.75) is 26.3 Å². The minimum absolute atomic E-state index is 0. The van der Waals surface area contributed by atoms with Gasteiger partial charge in [-0.3, -0.25) is 19.5 Å². The van der Waals surface area contributed by atoms with Crippen LogP contribution in [0.4, 0.5) is 5.69 Å². The molecule has 1 aromatic heterocycles. The van der Waals surface area contributed by atoms with Crippen LogP contribution in [0.1, 0.15) is 19.8 Å². The Bertz CT molecular complexity index is 786. The van der Waals surface area contributed by atoms with Gasteiger partial charge in [-0.25, -0.2) is 4.79 Å². The Morgan fingerprint density at radius 3 is 2.80 bits per heavy atom. The molecule has 0 unspecified atom stereocenters. The molecule has 2 N–H and O–H groups in total. The zero-order chi connectivity index (χ0) is 17.5. The number of benzene rings is 1. The molecule has 9 nitrogen and oxygen atoms in total. The summed E-state index contributed by atoms with van der Waals surface area (Å²) >= 11 is 0. The molecule has 25 heavy (non-hydrogen) atoms. The lowest BCUT2D eigenvalue weighted by atomic mass is 10.2. The summed E-state index contributed by atoms with van der Waals surface area (Å²) in [5.74, 6) is -0.664. The highest BCUT2D eigenvalue weighted by Crippen LogP contribution is 2.20. The van der Waals surface area contributed by atoms with Gasteiger partial charge in [-0.05, 0) is 19.0 Å². The van der Waals surface area contributed by atoms with E-state index in [1.807, 2.05) is 6.92 Å². The fraction of sp³-hybridized carbons (Fsp3) is 0.467. The van der Waals surface area contributed by atoms with Crippen molar-refractivity contribution in [1.29, 1.82) is 0 Å². The molecule has 2 aromatic rings. The van der Waals surface area contributed by atoms with E-state index in [0.717, 1.165) is 6.54 Å². The zero-order valence-electron chi connectivity index (χ0n) is 13.8. The van der Waals surface area contributed by atoms with Gasteiger partial charge in [-0.2, -0.15) is 0 Å². The normalized spacial score (nSPS) is 10.4. The average Bonchev–Trinajstić information content (AvgIpc) is 2.86. The van der Waals surface area contributed by atoms with E-state index >= 15 is 0 Å². The van der Waals surface area contributed by atoms with E-state index in [2.05, 4.69) is 10.6 Å². The Balaban J connectivity index is 0.00000312. The van der Waals surface area contributed by atoms with Crippen LogP contribution in [0.2, 0.25) is 0 Å². The summed E-state index contributed by atoms with van der Waals surface area (Å²) < 4.78 is 6.41. The minimum atomic E-state index is -0.585. The van der Waals surface area contributed by atoms with Crippen molar-refractivity contribution < 1.29 is 14.1 Å². The minimum Gasteiger partial charge on any atom is -0.407 e. The van der Waals surface area contributed by atoms with E-state index in [9.17, 15) is 19.7 Å². The topological polar surface area (TPSA) is 119 Å². The van der Waals surface area contributed by atoms with Crippen molar-refractivity contribution in [2.75, 3.05) is 19.6 Å². The molecule has 138 valence electrons. The summed E-state index contributed by atoms with van der Waals surface area (Å²) in [6, 6.07) is 4.02. The first-order valence-electron chi connectivity index (χ1n) is 7.78. The van der Waals surface area contributed by atoms with E-state index in [-0.39, 0.29) is 36.0 Å². The van der Waals surface area contributed by atoms with Gasteiger partial charge in [0.2, 0.25) is 5.91 Å². The average molecular weight is 373 g/mol. The maximum absolute atomic E-state index is 11.9. The molecule has 1 heterocycles. The molecule has 0 spiro atoms. The van der Waals surface area contributed by atoms with Crippen molar-refractivity contribution in [3.63, 3.8) is 0 Å². The lowest BCUT2D eigenvalue weighted by Gasteiger charge is -2.06.